The summed E-state index contributed by atoms with van der Waals surface area (Å²) < 4.78 is 2.04. The van der Waals surface area contributed by atoms with E-state index >= 15 is 0 Å². The van der Waals surface area contributed by atoms with E-state index in [-0.39, 0.29) is 0 Å². The molecule has 1 saturated carbocycles. The molecule has 1 N–H and O–H groups in total. The third kappa shape index (κ3) is 2.72. The maximum absolute atomic E-state index is 4.87. The van der Waals surface area contributed by atoms with E-state index in [0.29, 0.717) is 12.0 Å². The number of rotatable bonds is 5. The summed E-state index contributed by atoms with van der Waals surface area (Å²) in [4.78, 5) is 10.5. The molecule has 1 aliphatic rings. The van der Waals surface area contributed by atoms with Crippen molar-refractivity contribution in [3.8, 4) is 10.7 Å². The van der Waals surface area contributed by atoms with E-state index in [1.165, 1.54) is 23.4 Å². The van der Waals surface area contributed by atoms with Gasteiger partial charge in [0.05, 0.1) is 23.9 Å². The van der Waals surface area contributed by atoms with Crippen molar-refractivity contribution in [2.75, 3.05) is 0 Å². The minimum atomic E-state index is 0.509. The molecule has 102 valence electrons. The predicted octanol–water partition coefficient (Wildman–Crippen LogP) is 2.92. The Kier molecular flexibility index (Phi) is 3.41. The third-order valence-electron chi connectivity index (χ3n) is 3.40. The topological polar surface area (TPSA) is 42.7 Å². The van der Waals surface area contributed by atoms with E-state index < -0.39 is 0 Å². The van der Waals surface area contributed by atoms with Gasteiger partial charge in [0.2, 0.25) is 0 Å². The van der Waals surface area contributed by atoms with Crippen molar-refractivity contribution >= 4 is 11.3 Å². The fourth-order valence-corrected chi connectivity index (χ4v) is 3.29. The smallest absolute Gasteiger partial charge is 0.142 e. The Labute approximate surface area is 117 Å². The van der Waals surface area contributed by atoms with E-state index in [9.17, 15) is 0 Å². The van der Waals surface area contributed by atoms with Crippen molar-refractivity contribution < 1.29 is 0 Å². The monoisotopic (exact) mass is 276 g/mol. The van der Waals surface area contributed by atoms with Crippen LogP contribution >= 0.6 is 11.3 Å². The van der Waals surface area contributed by atoms with Gasteiger partial charge < -0.3 is 9.88 Å². The van der Waals surface area contributed by atoms with Gasteiger partial charge in [0.1, 0.15) is 5.01 Å². The number of thiazole rings is 1. The van der Waals surface area contributed by atoms with Crippen molar-refractivity contribution in [2.45, 2.75) is 45.2 Å². The SMILES string of the molecule is CC(C)NCc1sc(-c2cncn2C)nc1C1CC1. The molecule has 0 amide bonds. The molecule has 4 nitrogen and oxygen atoms in total. The van der Waals surface area contributed by atoms with Crippen LogP contribution in [-0.4, -0.2) is 20.6 Å². The highest BCUT2D eigenvalue weighted by Crippen LogP contribution is 2.44. The molecule has 2 aromatic heterocycles. The third-order valence-corrected chi connectivity index (χ3v) is 4.49. The van der Waals surface area contributed by atoms with E-state index in [2.05, 4.69) is 24.1 Å². The van der Waals surface area contributed by atoms with Crippen LogP contribution in [0.5, 0.6) is 0 Å². The molecule has 0 aromatic carbocycles. The lowest BCUT2D eigenvalue weighted by Gasteiger charge is -2.07. The van der Waals surface area contributed by atoms with Crippen LogP contribution < -0.4 is 5.32 Å². The van der Waals surface area contributed by atoms with Crippen molar-refractivity contribution in [1.29, 1.82) is 0 Å². The lowest BCUT2D eigenvalue weighted by atomic mass is 10.2. The van der Waals surface area contributed by atoms with Crippen LogP contribution in [0.2, 0.25) is 0 Å². The van der Waals surface area contributed by atoms with Crippen LogP contribution in [0.3, 0.4) is 0 Å². The first kappa shape index (κ1) is 12.8. The fraction of sp³-hybridized carbons (Fsp3) is 0.571. The molecule has 5 heteroatoms. The Morgan fingerprint density at radius 3 is 2.84 bits per heavy atom. The molecule has 2 aromatic rings. The Hall–Kier alpha value is -1.20. The largest absolute Gasteiger partial charge is 0.332 e. The quantitative estimate of drug-likeness (QED) is 0.913. The zero-order valence-corrected chi connectivity index (χ0v) is 12.5. The standard InChI is InChI=1S/C14H20N4S/c1-9(2)16-7-12-13(10-4-5-10)17-14(19-12)11-6-15-8-18(11)3/h6,8-10,16H,4-5,7H2,1-3H3. The van der Waals surface area contributed by atoms with Crippen molar-refractivity contribution in [2.24, 2.45) is 7.05 Å². The number of hydrogen-bond donors (Lipinski definition) is 1. The lowest BCUT2D eigenvalue weighted by molar-refractivity contribution is 0.590. The summed E-state index contributed by atoms with van der Waals surface area (Å²) in [6.07, 6.45) is 6.32. The van der Waals surface area contributed by atoms with Crippen molar-refractivity contribution in [1.82, 2.24) is 19.9 Å². The molecule has 0 unspecified atom stereocenters. The summed E-state index contributed by atoms with van der Waals surface area (Å²) in [5.41, 5.74) is 2.43. The Bertz CT molecular complexity index is 566. The second kappa shape index (κ2) is 5.06. The van der Waals surface area contributed by atoms with Crippen LogP contribution in [0.4, 0.5) is 0 Å². The summed E-state index contributed by atoms with van der Waals surface area (Å²) in [7, 11) is 2.02. The summed E-state index contributed by atoms with van der Waals surface area (Å²) in [5, 5.41) is 4.61. The first-order valence-corrected chi connectivity index (χ1v) is 7.66. The minimum absolute atomic E-state index is 0.509. The molecule has 3 rings (SSSR count). The summed E-state index contributed by atoms with van der Waals surface area (Å²) >= 11 is 1.81. The molecule has 0 aliphatic heterocycles. The molecular weight excluding hydrogens is 256 g/mol. The molecule has 0 radical (unpaired) electrons. The molecule has 0 atom stereocenters. The molecule has 0 saturated heterocycles. The molecule has 1 aliphatic carbocycles. The number of imidazole rings is 1. The molecule has 0 spiro atoms. The zero-order chi connectivity index (χ0) is 13.4. The van der Waals surface area contributed by atoms with Gasteiger partial charge in [0.15, 0.2) is 0 Å². The van der Waals surface area contributed by atoms with Crippen molar-refractivity contribution in [3.63, 3.8) is 0 Å². The zero-order valence-electron chi connectivity index (χ0n) is 11.7. The maximum Gasteiger partial charge on any atom is 0.142 e. The van der Waals surface area contributed by atoms with E-state index in [0.717, 1.165) is 17.2 Å². The van der Waals surface area contributed by atoms with Gasteiger partial charge in [-0.05, 0) is 12.8 Å². The summed E-state index contributed by atoms with van der Waals surface area (Å²) in [5.74, 6) is 0.696. The van der Waals surface area contributed by atoms with Crippen LogP contribution in [-0.2, 0) is 13.6 Å². The molecule has 0 bridgehead atoms. The Balaban J connectivity index is 1.90. The van der Waals surface area contributed by atoms with Gasteiger partial charge in [0, 0.05) is 30.4 Å². The maximum atomic E-state index is 4.87. The Morgan fingerprint density at radius 1 is 1.47 bits per heavy atom. The van der Waals surface area contributed by atoms with Crippen LogP contribution in [0.1, 0.15) is 43.2 Å². The van der Waals surface area contributed by atoms with Gasteiger partial charge in [-0.1, -0.05) is 13.8 Å². The van der Waals surface area contributed by atoms with Crippen molar-refractivity contribution in [3.05, 3.63) is 23.1 Å². The molecular formula is C14H20N4S. The van der Waals surface area contributed by atoms with Crippen LogP contribution in [0.15, 0.2) is 12.5 Å². The molecule has 19 heavy (non-hydrogen) atoms. The average Bonchev–Trinajstić information content (AvgIpc) is 2.98. The van der Waals surface area contributed by atoms with Gasteiger partial charge in [-0.3, -0.25) is 0 Å². The van der Waals surface area contributed by atoms with Gasteiger partial charge in [-0.25, -0.2) is 9.97 Å². The van der Waals surface area contributed by atoms with E-state index in [4.69, 9.17) is 4.98 Å². The van der Waals surface area contributed by atoms with E-state index in [1.807, 2.05) is 35.5 Å². The van der Waals surface area contributed by atoms with Crippen LogP contribution in [0, 0.1) is 0 Å². The number of nitrogens with zero attached hydrogens (tertiary/aromatic N) is 3. The first-order valence-electron chi connectivity index (χ1n) is 6.85. The molecule has 1 fully saturated rings. The summed E-state index contributed by atoms with van der Waals surface area (Å²) in [6, 6.07) is 0.509. The fourth-order valence-electron chi connectivity index (χ4n) is 2.14. The molecule has 2 heterocycles. The normalized spacial score (nSPS) is 15.4. The van der Waals surface area contributed by atoms with Gasteiger partial charge in [-0.2, -0.15) is 0 Å². The Morgan fingerprint density at radius 2 is 2.26 bits per heavy atom. The predicted molar refractivity (Wildman–Crippen MR) is 78.3 cm³/mol. The van der Waals surface area contributed by atoms with Gasteiger partial charge >= 0.3 is 0 Å². The number of hydrogen-bond acceptors (Lipinski definition) is 4. The van der Waals surface area contributed by atoms with Crippen LogP contribution in [0.25, 0.3) is 10.7 Å². The number of aryl methyl sites for hydroxylation is 1. The second-order valence-corrected chi connectivity index (χ2v) is 6.61. The average molecular weight is 276 g/mol. The summed E-state index contributed by atoms with van der Waals surface area (Å²) in [6.45, 7) is 5.29. The highest BCUT2D eigenvalue weighted by atomic mass is 32.1. The highest BCUT2D eigenvalue weighted by Gasteiger charge is 2.30. The van der Waals surface area contributed by atoms with Gasteiger partial charge in [-0.15, -0.1) is 11.3 Å². The first-order chi connectivity index (χ1) is 9.15. The number of nitrogens with one attached hydrogen (secondary N) is 1. The lowest BCUT2D eigenvalue weighted by Crippen LogP contribution is -2.21. The number of aromatic nitrogens is 3. The van der Waals surface area contributed by atoms with Gasteiger partial charge in [0.25, 0.3) is 0 Å². The minimum Gasteiger partial charge on any atom is -0.332 e. The second-order valence-electron chi connectivity index (χ2n) is 5.53. The highest BCUT2D eigenvalue weighted by molar-refractivity contribution is 7.15. The van der Waals surface area contributed by atoms with E-state index in [1.54, 1.807) is 0 Å².